The van der Waals surface area contributed by atoms with E-state index in [0.29, 0.717) is 11.8 Å². The van der Waals surface area contributed by atoms with Crippen molar-refractivity contribution in [3.63, 3.8) is 0 Å². The second-order valence-corrected chi connectivity index (χ2v) is 7.77. The molecule has 0 bridgehead atoms. The van der Waals surface area contributed by atoms with Gasteiger partial charge in [0, 0.05) is 18.0 Å². The zero-order chi connectivity index (χ0) is 18.4. The fourth-order valence-corrected chi connectivity index (χ4v) is 4.25. The topological polar surface area (TPSA) is 78.4 Å². The van der Waals surface area contributed by atoms with E-state index in [0.717, 1.165) is 63.6 Å². The third-order valence-electron chi connectivity index (χ3n) is 5.93. The molecule has 2 aliphatic rings. The van der Waals surface area contributed by atoms with Gasteiger partial charge in [-0.05, 0) is 87.6 Å². The van der Waals surface area contributed by atoms with Crippen LogP contribution in [0.1, 0.15) is 73.2 Å². The number of rotatable bonds is 6. The van der Waals surface area contributed by atoms with E-state index in [4.69, 9.17) is 5.11 Å². The molecule has 1 aliphatic carbocycles. The van der Waals surface area contributed by atoms with Crippen LogP contribution in [0.25, 0.3) is 0 Å². The summed E-state index contributed by atoms with van der Waals surface area (Å²) >= 11 is 0. The molecular formula is C21H31ClN2O3. The van der Waals surface area contributed by atoms with Gasteiger partial charge in [-0.1, -0.05) is 12.1 Å². The Morgan fingerprint density at radius 1 is 1.00 bits per heavy atom. The molecule has 1 aromatic carbocycles. The number of piperidine rings is 1. The van der Waals surface area contributed by atoms with E-state index >= 15 is 0 Å². The molecule has 1 saturated heterocycles. The molecule has 0 unspecified atom stereocenters. The average molecular weight is 395 g/mol. The van der Waals surface area contributed by atoms with Crippen molar-refractivity contribution in [2.24, 2.45) is 5.92 Å². The van der Waals surface area contributed by atoms with Crippen molar-refractivity contribution >= 4 is 24.3 Å². The summed E-state index contributed by atoms with van der Waals surface area (Å²) in [5.74, 6) is 0.391. The summed E-state index contributed by atoms with van der Waals surface area (Å²) in [5, 5.41) is 15.3. The van der Waals surface area contributed by atoms with E-state index in [9.17, 15) is 9.59 Å². The molecule has 1 saturated carbocycles. The molecule has 3 rings (SSSR count). The molecule has 27 heavy (non-hydrogen) atoms. The standard InChI is InChI=1S/C21H30N2O3.ClH/c24-20(25)10-3-15-1-8-19(9-2-15)23-21(26)18-6-4-16(5-7-18)17-11-13-22-14-12-17;/h4-7,15,17,19,22H,1-3,8-14H2,(H,23,26)(H,24,25);1H/t15-,19-;. The number of hydrogen-bond donors (Lipinski definition) is 3. The van der Waals surface area contributed by atoms with Gasteiger partial charge in [0.1, 0.15) is 0 Å². The predicted octanol–water partition coefficient (Wildman–Crippen LogP) is 3.73. The summed E-state index contributed by atoms with van der Waals surface area (Å²) in [5.41, 5.74) is 2.07. The molecule has 5 nitrogen and oxygen atoms in total. The Kier molecular flexibility index (Phi) is 8.58. The summed E-state index contributed by atoms with van der Waals surface area (Å²) in [4.78, 5) is 23.2. The number of amides is 1. The van der Waals surface area contributed by atoms with E-state index in [-0.39, 0.29) is 30.8 Å². The normalized spacial score (nSPS) is 23.3. The predicted molar refractivity (Wildman–Crippen MR) is 109 cm³/mol. The highest BCUT2D eigenvalue weighted by Gasteiger charge is 2.23. The highest BCUT2D eigenvalue weighted by Crippen LogP contribution is 2.28. The first-order valence-corrected chi connectivity index (χ1v) is 9.95. The van der Waals surface area contributed by atoms with Crippen LogP contribution < -0.4 is 10.6 Å². The lowest BCUT2D eigenvalue weighted by Crippen LogP contribution is -2.37. The fraction of sp³-hybridized carbons (Fsp3) is 0.619. The van der Waals surface area contributed by atoms with Gasteiger partial charge in [0.05, 0.1) is 0 Å². The molecule has 1 amide bonds. The molecule has 0 atom stereocenters. The number of carboxylic acid groups (broad SMARTS) is 1. The van der Waals surface area contributed by atoms with Crippen LogP contribution in [0.3, 0.4) is 0 Å². The van der Waals surface area contributed by atoms with Crippen molar-refractivity contribution in [2.45, 2.75) is 63.3 Å². The third-order valence-corrected chi connectivity index (χ3v) is 5.93. The SMILES string of the molecule is Cl.O=C(O)CC[C@H]1CC[C@H](NC(=O)c2ccc(C3CCNCC3)cc2)CC1. The smallest absolute Gasteiger partial charge is 0.303 e. The summed E-state index contributed by atoms with van der Waals surface area (Å²) < 4.78 is 0. The minimum atomic E-state index is -0.714. The molecule has 1 heterocycles. The highest BCUT2D eigenvalue weighted by molar-refractivity contribution is 5.94. The Hall–Kier alpha value is -1.59. The van der Waals surface area contributed by atoms with E-state index in [1.165, 1.54) is 5.56 Å². The lowest BCUT2D eigenvalue weighted by atomic mass is 9.83. The number of benzene rings is 1. The Labute approximate surface area is 167 Å². The summed E-state index contributed by atoms with van der Waals surface area (Å²) in [6, 6.07) is 8.32. The van der Waals surface area contributed by atoms with E-state index in [2.05, 4.69) is 22.8 Å². The molecule has 0 radical (unpaired) electrons. The number of nitrogens with one attached hydrogen (secondary N) is 2. The first-order valence-electron chi connectivity index (χ1n) is 9.95. The molecule has 150 valence electrons. The zero-order valence-electron chi connectivity index (χ0n) is 15.8. The Bertz CT molecular complexity index is 606. The van der Waals surface area contributed by atoms with Gasteiger partial charge >= 0.3 is 5.97 Å². The van der Waals surface area contributed by atoms with Crippen molar-refractivity contribution in [1.82, 2.24) is 10.6 Å². The third kappa shape index (κ3) is 6.51. The van der Waals surface area contributed by atoms with Crippen LogP contribution in [0.5, 0.6) is 0 Å². The highest BCUT2D eigenvalue weighted by atomic mass is 35.5. The second kappa shape index (κ2) is 10.7. The molecular weight excluding hydrogens is 364 g/mol. The molecule has 2 fully saturated rings. The van der Waals surface area contributed by atoms with Gasteiger partial charge in [0.25, 0.3) is 5.91 Å². The molecule has 6 heteroatoms. The van der Waals surface area contributed by atoms with Gasteiger partial charge in [-0.3, -0.25) is 9.59 Å². The van der Waals surface area contributed by atoms with Gasteiger partial charge in [0.2, 0.25) is 0 Å². The summed E-state index contributed by atoms with van der Waals surface area (Å²) in [6.07, 6.45) is 7.25. The van der Waals surface area contributed by atoms with Crippen molar-refractivity contribution < 1.29 is 14.7 Å². The molecule has 0 aromatic heterocycles. The van der Waals surface area contributed by atoms with Crippen LogP contribution in [0.4, 0.5) is 0 Å². The van der Waals surface area contributed by atoms with Crippen molar-refractivity contribution in [3.8, 4) is 0 Å². The number of halogens is 1. The monoisotopic (exact) mass is 394 g/mol. The van der Waals surface area contributed by atoms with Gasteiger partial charge in [-0.15, -0.1) is 12.4 Å². The number of carboxylic acids is 1. The van der Waals surface area contributed by atoms with Crippen molar-refractivity contribution in [3.05, 3.63) is 35.4 Å². The Balaban J connectivity index is 0.00000261. The summed E-state index contributed by atoms with van der Waals surface area (Å²) in [6.45, 7) is 2.14. The van der Waals surface area contributed by atoms with Crippen LogP contribution in [-0.4, -0.2) is 36.1 Å². The van der Waals surface area contributed by atoms with Gasteiger partial charge in [-0.2, -0.15) is 0 Å². The first kappa shape index (κ1) is 21.7. The first-order chi connectivity index (χ1) is 12.6. The maximum Gasteiger partial charge on any atom is 0.303 e. The number of carbonyl (C=O) groups excluding carboxylic acids is 1. The lowest BCUT2D eigenvalue weighted by molar-refractivity contribution is -0.137. The van der Waals surface area contributed by atoms with Crippen molar-refractivity contribution in [2.75, 3.05) is 13.1 Å². The van der Waals surface area contributed by atoms with E-state index in [1.807, 2.05) is 12.1 Å². The van der Waals surface area contributed by atoms with Crippen LogP contribution in [-0.2, 0) is 4.79 Å². The fourth-order valence-electron chi connectivity index (χ4n) is 4.25. The van der Waals surface area contributed by atoms with Crippen LogP contribution in [0.15, 0.2) is 24.3 Å². The van der Waals surface area contributed by atoms with Gasteiger partial charge < -0.3 is 15.7 Å². The van der Waals surface area contributed by atoms with Gasteiger partial charge in [-0.25, -0.2) is 0 Å². The van der Waals surface area contributed by atoms with Gasteiger partial charge in [0.15, 0.2) is 0 Å². The molecule has 0 spiro atoms. The number of carbonyl (C=O) groups is 2. The van der Waals surface area contributed by atoms with Crippen molar-refractivity contribution in [1.29, 1.82) is 0 Å². The molecule has 1 aliphatic heterocycles. The minimum absolute atomic E-state index is 0. The second-order valence-electron chi connectivity index (χ2n) is 7.77. The largest absolute Gasteiger partial charge is 0.481 e. The zero-order valence-corrected chi connectivity index (χ0v) is 16.6. The van der Waals surface area contributed by atoms with Crippen LogP contribution in [0.2, 0.25) is 0 Å². The Morgan fingerprint density at radius 2 is 1.63 bits per heavy atom. The quantitative estimate of drug-likeness (QED) is 0.686. The maximum absolute atomic E-state index is 12.5. The lowest BCUT2D eigenvalue weighted by Gasteiger charge is -2.29. The van der Waals surface area contributed by atoms with Crippen LogP contribution >= 0.6 is 12.4 Å². The number of hydrogen-bond acceptors (Lipinski definition) is 3. The minimum Gasteiger partial charge on any atom is -0.481 e. The van der Waals surface area contributed by atoms with E-state index < -0.39 is 5.97 Å². The van der Waals surface area contributed by atoms with Crippen LogP contribution in [0, 0.1) is 5.92 Å². The maximum atomic E-state index is 12.5. The molecule has 1 aromatic rings. The Morgan fingerprint density at radius 3 is 2.22 bits per heavy atom. The van der Waals surface area contributed by atoms with E-state index in [1.54, 1.807) is 0 Å². The molecule has 3 N–H and O–H groups in total. The number of aliphatic carboxylic acids is 1. The summed E-state index contributed by atoms with van der Waals surface area (Å²) in [7, 11) is 0. The average Bonchev–Trinajstić information content (AvgIpc) is 2.68.